The highest BCUT2D eigenvalue weighted by Gasteiger charge is 2.20. The molecule has 7 nitrogen and oxygen atoms in total. The van der Waals surface area contributed by atoms with Crippen molar-refractivity contribution in [3.05, 3.63) is 59.1 Å². The second kappa shape index (κ2) is 10.8. The summed E-state index contributed by atoms with van der Waals surface area (Å²) in [5.74, 6) is -0.411. The van der Waals surface area contributed by atoms with Gasteiger partial charge in [0, 0.05) is 50.8 Å². The maximum Gasteiger partial charge on any atom is 0.309 e. The number of anilines is 1. The number of para-hydroxylation sites is 2. The van der Waals surface area contributed by atoms with Crippen LogP contribution in [-0.4, -0.2) is 63.1 Å². The van der Waals surface area contributed by atoms with Gasteiger partial charge in [0.1, 0.15) is 5.75 Å². The minimum Gasteiger partial charge on any atom is -0.495 e. The van der Waals surface area contributed by atoms with Gasteiger partial charge in [-0.15, -0.1) is 0 Å². The van der Waals surface area contributed by atoms with Crippen LogP contribution < -0.4 is 20.3 Å². The monoisotopic (exact) mass is 430 g/mol. The normalized spacial score (nSPS) is 14.3. The molecule has 2 N–H and O–H groups in total. The first-order chi connectivity index (χ1) is 14.6. The second-order valence-corrected chi connectivity index (χ2v) is 7.44. The van der Waals surface area contributed by atoms with Crippen molar-refractivity contribution in [1.82, 2.24) is 15.5 Å². The predicted molar refractivity (Wildman–Crippen MR) is 118 cm³/mol. The summed E-state index contributed by atoms with van der Waals surface area (Å²) in [7, 11) is 1.68. The van der Waals surface area contributed by atoms with Crippen molar-refractivity contribution in [2.75, 3.05) is 51.3 Å². The van der Waals surface area contributed by atoms with Crippen LogP contribution in [0.4, 0.5) is 5.69 Å². The topological polar surface area (TPSA) is 73.9 Å². The van der Waals surface area contributed by atoms with Crippen molar-refractivity contribution < 1.29 is 14.3 Å². The Kier molecular flexibility index (Phi) is 7.93. The van der Waals surface area contributed by atoms with Crippen molar-refractivity contribution in [3.63, 3.8) is 0 Å². The van der Waals surface area contributed by atoms with Gasteiger partial charge >= 0.3 is 11.8 Å². The first-order valence-corrected chi connectivity index (χ1v) is 10.4. The summed E-state index contributed by atoms with van der Waals surface area (Å²) in [6, 6.07) is 15.2. The zero-order valence-corrected chi connectivity index (χ0v) is 17.8. The number of nitrogens with zero attached hydrogens (tertiary/aromatic N) is 2. The van der Waals surface area contributed by atoms with E-state index < -0.39 is 11.8 Å². The molecule has 160 valence electrons. The Morgan fingerprint density at radius 1 is 0.967 bits per heavy atom. The highest BCUT2D eigenvalue weighted by Crippen LogP contribution is 2.28. The fraction of sp³-hybridized carbons (Fsp3) is 0.364. The lowest BCUT2D eigenvalue weighted by molar-refractivity contribution is -0.139. The molecule has 0 atom stereocenters. The molecule has 3 rings (SSSR count). The molecule has 8 heteroatoms. The number of benzene rings is 2. The van der Waals surface area contributed by atoms with E-state index in [1.807, 2.05) is 36.4 Å². The van der Waals surface area contributed by atoms with Gasteiger partial charge < -0.3 is 20.3 Å². The second-order valence-electron chi connectivity index (χ2n) is 7.03. The van der Waals surface area contributed by atoms with E-state index in [0.29, 0.717) is 18.1 Å². The zero-order valence-electron chi connectivity index (χ0n) is 17.1. The Bertz CT molecular complexity index is 869. The molecule has 0 radical (unpaired) electrons. The third-order valence-corrected chi connectivity index (χ3v) is 5.48. The number of hydrogen-bond donors (Lipinski definition) is 2. The van der Waals surface area contributed by atoms with Gasteiger partial charge in [-0.25, -0.2) is 0 Å². The van der Waals surface area contributed by atoms with Crippen LogP contribution in [0.1, 0.15) is 5.56 Å². The first-order valence-electron chi connectivity index (χ1n) is 9.98. The molecule has 0 unspecified atom stereocenters. The molecule has 1 aliphatic heterocycles. The van der Waals surface area contributed by atoms with Gasteiger partial charge in [-0.1, -0.05) is 41.9 Å². The molecule has 0 spiro atoms. The molecule has 1 heterocycles. The van der Waals surface area contributed by atoms with Crippen LogP contribution in [0.5, 0.6) is 5.75 Å². The van der Waals surface area contributed by atoms with Crippen LogP contribution in [0.2, 0.25) is 5.02 Å². The third-order valence-electron chi connectivity index (χ3n) is 5.12. The molecule has 2 amide bonds. The molecule has 0 aliphatic carbocycles. The SMILES string of the molecule is COc1ccccc1N1CCN(CCNC(=O)C(=O)NCc2ccccc2Cl)CC1. The largest absolute Gasteiger partial charge is 0.495 e. The Hall–Kier alpha value is -2.77. The minimum atomic E-state index is -0.657. The molecule has 2 aromatic carbocycles. The number of halogens is 1. The molecule has 0 saturated carbocycles. The van der Waals surface area contributed by atoms with E-state index in [2.05, 4.69) is 26.5 Å². The highest BCUT2D eigenvalue weighted by atomic mass is 35.5. The van der Waals surface area contributed by atoms with Crippen LogP contribution >= 0.6 is 11.6 Å². The molecule has 30 heavy (non-hydrogen) atoms. The van der Waals surface area contributed by atoms with Crippen molar-refractivity contribution in [2.45, 2.75) is 6.54 Å². The number of carbonyl (C=O) groups excluding carboxylic acids is 2. The molecular weight excluding hydrogens is 404 g/mol. The van der Waals surface area contributed by atoms with Crippen LogP contribution in [0.15, 0.2) is 48.5 Å². The number of hydrogen-bond acceptors (Lipinski definition) is 5. The number of piperazine rings is 1. The number of amides is 2. The van der Waals surface area contributed by atoms with E-state index in [9.17, 15) is 9.59 Å². The molecule has 2 aromatic rings. The summed E-state index contributed by atoms with van der Waals surface area (Å²) in [4.78, 5) is 28.5. The fourth-order valence-electron chi connectivity index (χ4n) is 3.41. The standard InChI is InChI=1S/C22H27ClN4O3/c1-30-20-9-5-4-8-19(20)27-14-12-26(13-15-27)11-10-24-21(28)22(29)25-16-17-6-2-3-7-18(17)23/h2-9H,10-16H2,1H3,(H,24,28)(H,25,29). The number of carbonyl (C=O) groups is 2. The quantitative estimate of drug-likeness (QED) is 0.656. The minimum absolute atomic E-state index is 0.219. The third kappa shape index (κ3) is 5.87. The average molecular weight is 431 g/mol. The molecular formula is C22H27ClN4O3. The van der Waals surface area contributed by atoms with E-state index >= 15 is 0 Å². The van der Waals surface area contributed by atoms with Gasteiger partial charge in [-0.3, -0.25) is 14.5 Å². The number of methoxy groups -OCH3 is 1. The van der Waals surface area contributed by atoms with Gasteiger partial charge in [-0.05, 0) is 23.8 Å². The van der Waals surface area contributed by atoms with Gasteiger partial charge in [0.25, 0.3) is 0 Å². The van der Waals surface area contributed by atoms with Crippen molar-refractivity contribution in [2.24, 2.45) is 0 Å². The Morgan fingerprint density at radius 3 is 2.37 bits per heavy atom. The summed E-state index contributed by atoms with van der Waals surface area (Å²) < 4.78 is 5.45. The number of nitrogens with one attached hydrogen (secondary N) is 2. The zero-order chi connectivity index (χ0) is 21.3. The van der Waals surface area contributed by atoms with Gasteiger partial charge in [0.05, 0.1) is 12.8 Å². The van der Waals surface area contributed by atoms with E-state index in [4.69, 9.17) is 16.3 Å². The molecule has 1 fully saturated rings. The van der Waals surface area contributed by atoms with Crippen molar-refractivity contribution >= 4 is 29.1 Å². The molecule has 0 bridgehead atoms. The maximum absolute atomic E-state index is 12.0. The highest BCUT2D eigenvalue weighted by molar-refractivity contribution is 6.35. The summed E-state index contributed by atoms with van der Waals surface area (Å²) in [6.07, 6.45) is 0. The Balaban J connectivity index is 1.36. The number of ether oxygens (including phenoxy) is 1. The van der Waals surface area contributed by atoms with Crippen LogP contribution in [0.25, 0.3) is 0 Å². The van der Waals surface area contributed by atoms with Gasteiger partial charge in [-0.2, -0.15) is 0 Å². The molecule has 1 saturated heterocycles. The summed E-state index contributed by atoms with van der Waals surface area (Å²) in [6.45, 7) is 4.87. The summed E-state index contributed by atoms with van der Waals surface area (Å²) >= 11 is 6.06. The van der Waals surface area contributed by atoms with Crippen molar-refractivity contribution in [1.29, 1.82) is 0 Å². The molecule has 1 aliphatic rings. The van der Waals surface area contributed by atoms with Gasteiger partial charge in [0.2, 0.25) is 0 Å². The molecule has 0 aromatic heterocycles. The lowest BCUT2D eigenvalue weighted by Gasteiger charge is -2.36. The fourth-order valence-corrected chi connectivity index (χ4v) is 3.61. The van der Waals surface area contributed by atoms with Crippen LogP contribution in [0, 0.1) is 0 Å². The predicted octanol–water partition coefficient (Wildman–Crippen LogP) is 1.90. The average Bonchev–Trinajstić information content (AvgIpc) is 2.78. The lowest BCUT2D eigenvalue weighted by Crippen LogP contribution is -2.49. The van der Waals surface area contributed by atoms with Crippen LogP contribution in [0.3, 0.4) is 0 Å². The van der Waals surface area contributed by atoms with E-state index in [-0.39, 0.29) is 6.54 Å². The van der Waals surface area contributed by atoms with E-state index in [1.54, 1.807) is 13.2 Å². The smallest absolute Gasteiger partial charge is 0.309 e. The number of rotatable bonds is 7. The van der Waals surface area contributed by atoms with Crippen LogP contribution in [-0.2, 0) is 16.1 Å². The van der Waals surface area contributed by atoms with E-state index in [1.165, 1.54) is 0 Å². The maximum atomic E-state index is 12.0. The Labute approximate surface area is 181 Å². The van der Waals surface area contributed by atoms with E-state index in [0.717, 1.165) is 43.2 Å². The summed E-state index contributed by atoms with van der Waals surface area (Å²) in [5, 5.41) is 5.84. The first kappa shape index (κ1) is 21.9. The van der Waals surface area contributed by atoms with Crippen molar-refractivity contribution in [3.8, 4) is 5.75 Å². The Morgan fingerprint density at radius 2 is 1.63 bits per heavy atom. The lowest BCUT2D eigenvalue weighted by atomic mass is 10.2. The summed E-state index contributed by atoms with van der Waals surface area (Å²) in [5.41, 5.74) is 1.87. The van der Waals surface area contributed by atoms with Gasteiger partial charge in [0.15, 0.2) is 0 Å².